The molecule has 0 unspecified atom stereocenters. The second-order valence-electron chi connectivity index (χ2n) is 6.83. The third-order valence-corrected chi connectivity index (χ3v) is 5.20. The second-order valence-corrected chi connectivity index (χ2v) is 7.74. The van der Waals surface area contributed by atoms with E-state index < -0.39 is 5.41 Å². The first-order valence-electron chi connectivity index (χ1n) is 7.85. The van der Waals surface area contributed by atoms with Crippen LogP contribution in [0, 0.1) is 16.7 Å². The molecule has 0 atom stereocenters. The first-order valence-corrected chi connectivity index (χ1v) is 8.65. The summed E-state index contributed by atoms with van der Waals surface area (Å²) in [6.07, 6.45) is 4.44. The summed E-state index contributed by atoms with van der Waals surface area (Å²) in [6, 6.07) is 10.4. The molecule has 4 heteroatoms. The fourth-order valence-corrected chi connectivity index (χ4v) is 3.28. The van der Waals surface area contributed by atoms with E-state index in [0.29, 0.717) is 19.4 Å². The number of amides is 1. The van der Waals surface area contributed by atoms with Gasteiger partial charge in [0.1, 0.15) is 5.41 Å². The Morgan fingerprint density at radius 3 is 2.41 bits per heavy atom. The molecule has 1 aliphatic carbocycles. The molecule has 1 amide bonds. The van der Waals surface area contributed by atoms with Crippen molar-refractivity contribution in [2.24, 2.45) is 5.41 Å². The number of halogens is 1. The molecule has 0 spiro atoms. The standard InChI is InChI=1S/C18H23BrN2O/c1-17(2,14-6-8-15(19)9-7-14)13-21-16(22)18(12-20)10-4-3-5-11-18/h6-9H,3-5,10-11,13H2,1-2H3,(H,21,22). The van der Waals surface area contributed by atoms with E-state index in [2.05, 4.69) is 53.3 Å². The molecule has 1 fully saturated rings. The van der Waals surface area contributed by atoms with Gasteiger partial charge in [0.2, 0.25) is 5.91 Å². The van der Waals surface area contributed by atoms with Crippen LogP contribution in [-0.4, -0.2) is 12.5 Å². The lowest BCUT2D eigenvalue weighted by Gasteiger charge is -2.32. The van der Waals surface area contributed by atoms with Crippen LogP contribution in [0.4, 0.5) is 0 Å². The molecule has 3 nitrogen and oxygen atoms in total. The SMILES string of the molecule is CC(C)(CNC(=O)C1(C#N)CCCCC1)c1ccc(Br)cc1. The van der Waals surface area contributed by atoms with E-state index in [-0.39, 0.29) is 11.3 Å². The second kappa shape index (κ2) is 6.83. The Morgan fingerprint density at radius 2 is 1.86 bits per heavy atom. The average Bonchev–Trinajstić information content (AvgIpc) is 2.53. The van der Waals surface area contributed by atoms with Crippen LogP contribution in [0.5, 0.6) is 0 Å². The zero-order valence-electron chi connectivity index (χ0n) is 13.3. The summed E-state index contributed by atoms with van der Waals surface area (Å²) < 4.78 is 1.04. The number of nitriles is 1. The van der Waals surface area contributed by atoms with Gasteiger partial charge in [0.25, 0.3) is 0 Å². The summed E-state index contributed by atoms with van der Waals surface area (Å²) in [4.78, 5) is 12.5. The van der Waals surface area contributed by atoms with Gasteiger partial charge < -0.3 is 5.32 Å². The molecule has 0 heterocycles. The van der Waals surface area contributed by atoms with E-state index in [0.717, 1.165) is 23.7 Å². The van der Waals surface area contributed by atoms with Crippen LogP contribution < -0.4 is 5.32 Å². The molecule has 0 aliphatic heterocycles. The van der Waals surface area contributed by atoms with E-state index >= 15 is 0 Å². The number of nitrogens with one attached hydrogen (secondary N) is 1. The number of nitrogens with zero attached hydrogens (tertiary/aromatic N) is 1. The highest BCUT2D eigenvalue weighted by Gasteiger charge is 2.40. The molecular weight excluding hydrogens is 340 g/mol. The van der Waals surface area contributed by atoms with Crippen molar-refractivity contribution in [1.29, 1.82) is 5.26 Å². The lowest BCUT2D eigenvalue weighted by Crippen LogP contribution is -2.45. The predicted octanol–water partition coefficient (Wildman–Crippen LogP) is 4.32. The first kappa shape index (κ1) is 17.0. The molecule has 22 heavy (non-hydrogen) atoms. The number of carbonyl (C=O) groups is 1. The van der Waals surface area contributed by atoms with Gasteiger partial charge in [-0.25, -0.2) is 0 Å². The highest BCUT2D eigenvalue weighted by atomic mass is 79.9. The molecule has 0 saturated heterocycles. The number of hydrogen-bond donors (Lipinski definition) is 1. The maximum Gasteiger partial charge on any atom is 0.240 e. The molecule has 0 radical (unpaired) electrons. The number of hydrogen-bond acceptors (Lipinski definition) is 2. The summed E-state index contributed by atoms with van der Waals surface area (Å²) in [6.45, 7) is 4.75. The van der Waals surface area contributed by atoms with Gasteiger partial charge in [-0.2, -0.15) is 5.26 Å². The summed E-state index contributed by atoms with van der Waals surface area (Å²) in [5, 5.41) is 12.5. The van der Waals surface area contributed by atoms with E-state index in [1.165, 1.54) is 5.56 Å². The number of benzene rings is 1. The van der Waals surface area contributed by atoms with Crippen molar-refractivity contribution >= 4 is 21.8 Å². The zero-order valence-corrected chi connectivity index (χ0v) is 14.9. The van der Waals surface area contributed by atoms with Gasteiger partial charge in [0, 0.05) is 16.4 Å². The van der Waals surface area contributed by atoms with Crippen molar-refractivity contribution < 1.29 is 4.79 Å². The van der Waals surface area contributed by atoms with Crippen LogP contribution in [0.1, 0.15) is 51.5 Å². The molecule has 2 rings (SSSR count). The Balaban J connectivity index is 2.03. The molecule has 1 N–H and O–H groups in total. The lowest BCUT2D eigenvalue weighted by molar-refractivity contribution is -0.129. The van der Waals surface area contributed by atoms with Crippen LogP contribution in [0.2, 0.25) is 0 Å². The largest absolute Gasteiger partial charge is 0.354 e. The minimum absolute atomic E-state index is 0.0973. The maximum absolute atomic E-state index is 12.5. The smallest absolute Gasteiger partial charge is 0.240 e. The third-order valence-electron chi connectivity index (χ3n) is 4.67. The van der Waals surface area contributed by atoms with E-state index in [4.69, 9.17) is 0 Å². The fourth-order valence-electron chi connectivity index (χ4n) is 3.02. The Bertz CT molecular complexity index is 566. The average molecular weight is 363 g/mol. The van der Waals surface area contributed by atoms with Crippen molar-refractivity contribution in [1.82, 2.24) is 5.32 Å². The van der Waals surface area contributed by atoms with Gasteiger partial charge in [-0.1, -0.05) is 61.2 Å². The minimum atomic E-state index is -0.811. The van der Waals surface area contributed by atoms with Crippen molar-refractivity contribution in [3.8, 4) is 6.07 Å². The van der Waals surface area contributed by atoms with Crippen molar-refractivity contribution in [3.05, 3.63) is 34.3 Å². The highest BCUT2D eigenvalue weighted by Crippen LogP contribution is 2.36. The van der Waals surface area contributed by atoms with Crippen LogP contribution in [-0.2, 0) is 10.2 Å². The van der Waals surface area contributed by atoms with Gasteiger partial charge in [-0.15, -0.1) is 0 Å². The van der Waals surface area contributed by atoms with Crippen LogP contribution in [0.25, 0.3) is 0 Å². The Hall–Kier alpha value is -1.34. The number of carbonyl (C=O) groups excluding carboxylic acids is 1. The van der Waals surface area contributed by atoms with E-state index in [1.807, 2.05) is 12.1 Å². The van der Waals surface area contributed by atoms with Crippen LogP contribution in [0.15, 0.2) is 28.7 Å². The third kappa shape index (κ3) is 3.70. The van der Waals surface area contributed by atoms with Crippen LogP contribution >= 0.6 is 15.9 Å². The monoisotopic (exact) mass is 362 g/mol. The molecule has 0 aromatic heterocycles. The minimum Gasteiger partial charge on any atom is -0.354 e. The molecule has 1 aliphatic rings. The van der Waals surface area contributed by atoms with E-state index in [1.54, 1.807) is 0 Å². The lowest BCUT2D eigenvalue weighted by atomic mass is 9.74. The zero-order chi connectivity index (χ0) is 16.2. The Kier molecular flexibility index (Phi) is 5.28. The first-order chi connectivity index (χ1) is 10.4. The highest BCUT2D eigenvalue weighted by molar-refractivity contribution is 9.10. The van der Waals surface area contributed by atoms with Crippen molar-refractivity contribution in [3.63, 3.8) is 0 Å². The summed E-state index contributed by atoms with van der Waals surface area (Å²) in [5.74, 6) is -0.0973. The molecule has 118 valence electrons. The fraction of sp³-hybridized carbons (Fsp3) is 0.556. The Morgan fingerprint density at radius 1 is 1.27 bits per heavy atom. The van der Waals surface area contributed by atoms with Gasteiger partial charge in [0.15, 0.2) is 0 Å². The topological polar surface area (TPSA) is 52.9 Å². The molecule has 1 aromatic rings. The molecular formula is C18H23BrN2O. The van der Waals surface area contributed by atoms with Gasteiger partial charge in [0.05, 0.1) is 6.07 Å². The predicted molar refractivity (Wildman–Crippen MR) is 91.3 cm³/mol. The molecule has 1 aromatic carbocycles. The Labute approximate surface area is 141 Å². The number of rotatable bonds is 4. The van der Waals surface area contributed by atoms with Crippen molar-refractivity contribution in [2.45, 2.75) is 51.4 Å². The van der Waals surface area contributed by atoms with Gasteiger partial charge in [-0.05, 0) is 30.5 Å². The molecule has 1 saturated carbocycles. The van der Waals surface area contributed by atoms with Gasteiger partial charge in [-0.3, -0.25) is 4.79 Å². The van der Waals surface area contributed by atoms with Crippen molar-refractivity contribution in [2.75, 3.05) is 6.54 Å². The quantitative estimate of drug-likeness (QED) is 0.866. The summed E-state index contributed by atoms with van der Waals surface area (Å²) in [5.41, 5.74) is 0.195. The normalized spacial score (nSPS) is 17.5. The maximum atomic E-state index is 12.5. The molecule has 0 bridgehead atoms. The summed E-state index contributed by atoms with van der Waals surface area (Å²) >= 11 is 3.44. The van der Waals surface area contributed by atoms with Crippen LogP contribution in [0.3, 0.4) is 0 Å². The van der Waals surface area contributed by atoms with Gasteiger partial charge >= 0.3 is 0 Å². The van der Waals surface area contributed by atoms with E-state index in [9.17, 15) is 10.1 Å². The summed E-state index contributed by atoms with van der Waals surface area (Å²) in [7, 11) is 0.